The lowest BCUT2D eigenvalue weighted by Crippen LogP contribution is -2.47. The fraction of sp³-hybridized carbons (Fsp3) is 0.364. The Kier molecular flexibility index (Phi) is 6.42. The number of nitrogens with two attached hydrogens (primary N) is 1. The van der Waals surface area contributed by atoms with Gasteiger partial charge in [-0.1, -0.05) is 36.9 Å². The molecule has 1 aromatic heterocycles. The molecule has 4 rings (SSSR count). The zero-order valence-electron chi connectivity index (χ0n) is 17.3. The average molecular weight is 422 g/mol. The number of ether oxygens (including phenoxy) is 2. The van der Waals surface area contributed by atoms with Gasteiger partial charge in [0.2, 0.25) is 11.8 Å². The van der Waals surface area contributed by atoms with E-state index in [1.165, 1.54) is 18.0 Å². The molecule has 0 aliphatic carbocycles. The summed E-state index contributed by atoms with van der Waals surface area (Å²) >= 11 is 0. The van der Waals surface area contributed by atoms with Crippen molar-refractivity contribution in [2.45, 2.75) is 18.6 Å². The van der Waals surface area contributed by atoms with E-state index in [1.54, 1.807) is 4.90 Å². The van der Waals surface area contributed by atoms with Gasteiger partial charge in [-0.25, -0.2) is 9.97 Å². The number of anilines is 1. The van der Waals surface area contributed by atoms with Crippen molar-refractivity contribution in [1.82, 2.24) is 19.9 Å². The van der Waals surface area contributed by atoms with Crippen molar-refractivity contribution >= 4 is 17.9 Å². The minimum Gasteiger partial charge on any atom is -0.474 e. The van der Waals surface area contributed by atoms with E-state index < -0.39 is 0 Å². The van der Waals surface area contributed by atoms with Crippen LogP contribution in [0.25, 0.3) is 0 Å². The summed E-state index contributed by atoms with van der Waals surface area (Å²) in [5.74, 6) is 0.601. The van der Waals surface area contributed by atoms with E-state index in [0.717, 1.165) is 5.56 Å². The fourth-order valence-corrected chi connectivity index (χ4v) is 3.74. The van der Waals surface area contributed by atoms with E-state index in [-0.39, 0.29) is 24.5 Å². The lowest BCUT2D eigenvalue weighted by Gasteiger charge is -2.32. The number of nitrogens with zero attached hydrogens (tertiary/aromatic N) is 5. The molecule has 3 heterocycles. The van der Waals surface area contributed by atoms with E-state index in [4.69, 9.17) is 15.2 Å². The van der Waals surface area contributed by atoms with Crippen LogP contribution in [-0.4, -0.2) is 71.0 Å². The first-order chi connectivity index (χ1) is 15.1. The van der Waals surface area contributed by atoms with Crippen LogP contribution in [0.2, 0.25) is 0 Å². The minimum atomic E-state index is -0.256. The molecule has 0 radical (unpaired) electrons. The third-order valence-corrected chi connectivity index (χ3v) is 5.31. The Hall–Kier alpha value is -3.46. The minimum absolute atomic E-state index is 0.0778. The summed E-state index contributed by atoms with van der Waals surface area (Å²) in [6.45, 7) is 6.60. The molecule has 2 N–H and O–H groups in total. The van der Waals surface area contributed by atoms with Crippen molar-refractivity contribution in [3.8, 4) is 5.88 Å². The Balaban J connectivity index is 1.40. The standard InChI is InChI=1S/C22H26N6O3/c1-2-19(29)27-8-9-30-18(13-27)14-31-22-20(21(23)24-15-25-22)17-10-26-28(12-17)11-16-6-4-3-5-7-16/h2-7,10,15,17-18H,1,8-9,11-14H2,(H2,23,24,25)/t17?,18-/m0/s1. The number of morpholine rings is 1. The predicted octanol–water partition coefficient (Wildman–Crippen LogP) is 1.44. The summed E-state index contributed by atoms with van der Waals surface area (Å²) < 4.78 is 11.7. The van der Waals surface area contributed by atoms with Crippen LogP contribution >= 0.6 is 0 Å². The zero-order valence-corrected chi connectivity index (χ0v) is 17.3. The number of hydrazone groups is 1. The Morgan fingerprint density at radius 3 is 2.94 bits per heavy atom. The van der Waals surface area contributed by atoms with Crippen LogP contribution in [0.15, 0.2) is 54.4 Å². The largest absolute Gasteiger partial charge is 0.474 e. The van der Waals surface area contributed by atoms with Crippen LogP contribution in [0.3, 0.4) is 0 Å². The van der Waals surface area contributed by atoms with E-state index in [1.807, 2.05) is 29.4 Å². The van der Waals surface area contributed by atoms with Crippen LogP contribution in [-0.2, 0) is 16.1 Å². The second kappa shape index (κ2) is 9.57. The van der Waals surface area contributed by atoms with E-state index in [2.05, 4.69) is 33.8 Å². The molecule has 1 unspecified atom stereocenters. The van der Waals surface area contributed by atoms with Crippen LogP contribution in [0.5, 0.6) is 5.88 Å². The topological polar surface area (TPSA) is 106 Å². The third kappa shape index (κ3) is 5.00. The second-order valence-electron chi connectivity index (χ2n) is 7.47. The van der Waals surface area contributed by atoms with Crippen LogP contribution in [0.4, 0.5) is 5.82 Å². The van der Waals surface area contributed by atoms with Gasteiger partial charge in [0.05, 0.1) is 25.3 Å². The lowest BCUT2D eigenvalue weighted by molar-refractivity contribution is -0.134. The Bertz CT molecular complexity index is 952. The summed E-state index contributed by atoms with van der Waals surface area (Å²) in [5, 5.41) is 6.51. The molecule has 2 aliphatic heterocycles. The number of aromatic nitrogens is 2. The van der Waals surface area contributed by atoms with Gasteiger partial charge in [0, 0.05) is 25.2 Å². The molecule has 2 aliphatic rings. The van der Waals surface area contributed by atoms with E-state index >= 15 is 0 Å². The summed E-state index contributed by atoms with van der Waals surface area (Å²) in [4.78, 5) is 22.0. The molecule has 9 nitrogen and oxygen atoms in total. The van der Waals surface area contributed by atoms with E-state index in [0.29, 0.717) is 44.5 Å². The molecule has 1 aromatic carbocycles. The summed E-state index contributed by atoms with van der Waals surface area (Å²) in [7, 11) is 0. The van der Waals surface area contributed by atoms with Crippen molar-refractivity contribution < 1.29 is 14.3 Å². The molecule has 0 spiro atoms. The van der Waals surface area contributed by atoms with Crippen molar-refractivity contribution in [2.24, 2.45) is 5.10 Å². The quantitative estimate of drug-likeness (QED) is 0.673. The fourth-order valence-electron chi connectivity index (χ4n) is 3.74. The molecule has 162 valence electrons. The SMILES string of the molecule is C=CC(=O)N1CCO[C@H](COc2ncnc(N)c2C2C=NN(Cc3ccccc3)C2)C1. The molecule has 2 atom stereocenters. The van der Waals surface area contributed by atoms with Crippen molar-refractivity contribution in [3.05, 3.63) is 60.4 Å². The van der Waals surface area contributed by atoms with Gasteiger partial charge >= 0.3 is 0 Å². The molecule has 31 heavy (non-hydrogen) atoms. The number of carbonyl (C=O) groups excluding carboxylic acids is 1. The highest BCUT2D eigenvalue weighted by Gasteiger charge is 2.28. The van der Waals surface area contributed by atoms with Gasteiger partial charge in [-0.3, -0.25) is 9.80 Å². The number of carbonyl (C=O) groups is 1. The van der Waals surface area contributed by atoms with Gasteiger partial charge < -0.3 is 20.1 Å². The Labute approximate surface area is 181 Å². The summed E-state index contributed by atoms with van der Waals surface area (Å²) in [6.07, 6.45) is 4.30. The number of benzene rings is 1. The molecule has 0 saturated carbocycles. The van der Waals surface area contributed by atoms with Gasteiger partial charge in [0.15, 0.2) is 0 Å². The highest BCUT2D eigenvalue weighted by molar-refractivity contribution is 5.87. The molecular formula is C22H26N6O3. The number of hydrogen-bond donors (Lipinski definition) is 1. The maximum Gasteiger partial charge on any atom is 0.246 e. The van der Waals surface area contributed by atoms with E-state index in [9.17, 15) is 4.79 Å². The molecule has 1 fully saturated rings. The summed E-state index contributed by atoms with van der Waals surface area (Å²) in [5.41, 5.74) is 8.08. The normalized spacial score (nSPS) is 20.6. The monoisotopic (exact) mass is 422 g/mol. The number of amides is 1. The van der Waals surface area contributed by atoms with Crippen LogP contribution in [0, 0.1) is 0 Å². The molecule has 1 saturated heterocycles. The maximum absolute atomic E-state index is 11.9. The van der Waals surface area contributed by atoms with Crippen molar-refractivity contribution in [1.29, 1.82) is 0 Å². The third-order valence-electron chi connectivity index (χ3n) is 5.31. The van der Waals surface area contributed by atoms with Crippen LogP contribution in [0.1, 0.15) is 17.0 Å². The number of nitrogen functional groups attached to an aromatic ring is 1. The molecule has 2 aromatic rings. The molecular weight excluding hydrogens is 396 g/mol. The zero-order chi connectivity index (χ0) is 21.6. The Morgan fingerprint density at radius 2 is 2.13 bits per heavy atom. The average Bonchev–Trinajstić information content (AvgIpc) is 3.25. The number of hydrogen-bond acceptors (Lipinski definition) is 8. The van der Waals surface area contributed by atoms with Crippen LogP contribution < -0.4 is 10.5 Å². The molecule has 0 bridgehead atoms. The second-order valence-corrected chi connectivity index (χ2v) is 7.47. The van der Waals surface area contributed by atoms with Crippen molar-refractivity contribution in [2.75, 3.05) is 38.6 Å². The highest BCUT2D eigenvalue weighted by Crippen LogP contribution is 2.31. The lowest BCUT2D eigenvalue weighted by atomic mass is 10.0. The summed E-state index contributed by atoms with van der Waals surface area (Å²) in [6, 6.07) is 10.2. The Morgan fingerprint density at radius 1 is 1.29 bits per heavy atom. The van der Waals surface area contributed by atoms with Crippen molar-refractivity contribution in [3.63, 3.8) is 0 Å². The van der Waals surface area contributed by atoms with Gasteiger partial charge in [-0.2, -0.15) is 5.10 Å². The molecule has 9 heteroatoms. The first kappa shape index (κ1) is 20.8. The predicted molar refractivity (Wildman–Crippen MR) is 117 cm³/mol. The highest BCUT2D eigenvalue weighted by atomic mass is 16.5. The molecule has 1 amide bonds. The van der Waals surface area contributed by atoms with Gasteiger partial charge in [-0.15, -0.1) is 0 Å². The first-order valence-corrected chi connectivity index (χ1v) is 10.2. The smallest absolute Gasteiger partial charge is 0.246 e. The van der Waals surface area contributed by atoms with Gasteiger partial charge in [-0.05, 0) is 11.6 Å². The first-order valence-electron chi connectivity index (χ1n) is 10.2. The maximum atomic E-state index is 11.9. The van der Waals surface area contributed by atoms with Gasteiger partial charge in [0.25, 0.3) is 0 Å². The van der Waals surface area contributed by atoms with Gasteiger partial charge in [0.1, 0.15) is 24.9 Å². The number of rotatable bonds is 7.